The number of aromatic amines is 1. The number of H-pyrrole nitrogens is 1. The van der Waals surface area contributed by atoms with Crippen LogP contribution in [-0.4, -0.2) is 52.9 Å². The third-order valence-electron chi connectivity index (χ3n) is 5.58. The van der Waals surface area contributed by atoms with E-state index in [1.807, 2.05) is 22.9 Å². The number of rotatable bonds is 7. The molecule has 0 saturated heterocycles. The summed E-state index contributed by atoms with van der Waals surface area (Å²) in [5, 5.41) is 13.3. The van der Waals surface area contributed by atoms with Gasteiger partial charge in [-0.3, -0.25) is 4.79 Å². The van der Waals surface area contributed by atoms with Crippen LogP contribution in [0.4, 0.5) is 0 Å². The van der Waals surface area contributed by atoms with Crippen LogP contribution < -0.4 is 5.32 Å². The quantitative estimate of drug-likeness (QED) is 0.586. The SMILES string of the molecule is COCCO[C@H]1CC[C@H](NC(=O)c2cc(-n3ccnc3)cc3[nH]cc(C#N)c23)CC1. The van der Waals surface area contributed by atoms with Crippen molar-refractivity contribution in [2.24, 2.45) is 0 Å². The fourth-order valence-electron chi connectivity index (χ4n) is 4.02. The van der Waals surface area contributed by atoms with Gasteiger partial charge in [-0.05, 0) is 37.8 Å². The third kappa shape index (κ3) is 4.22. The zero-order valence-electron chi connectivity index (χ0n) is 16.9. The zero-order chi connectivity index (χ0) is 20.9. The van der Waals surface area contributed by atoms with E-state index >= 15 is 0 Å². The van der Waals surface area contributed by atoms with Crippen LogP contribution in [0.1, 0.15) is 41.6 Å². The molecule has 0 bridgehead atoms. The lowest BCUT2D eigenvalue weighted by atomic mass is 9.92. The van der Waals surface area contributed by atoms with Crippen LogP contribution in [0.2, 0.25) is 0 Å². The van der Waals surface area contributed by atoms with Crippen LogP contribution >= 0.6 is 0 Å². The van der Waals surface area contributed by atoms with Crippen molar-refractivity contribution in [3.8, 4) is 11.8 Å². The lowest BCUT2D eigenvalue weighted by Gasteiger charge is -2.29. The second-order valence-corrected chi connectivity index (χ2v) is 7.51. The van der Waals surface area contributed by atoms with Crippen LogP contribution in [0.25, 0.3) is 16.6 Å². The molecule has 156 valence electrons. The van der Waals surface area contributed by atoms with Crippen molar-refractivity contribution < 1.29 is 14.3 Å². The van der Waals surface area contributed by atoms with Crippen LogP contribution in [0.15, 0.2) is 37.1 Å². The number of hydrogen-bond donors (Lipinski definition) is 2. The summed E-state index contributed by atoms with van der Waals surface area (Å²) in [5.41, 5.74) is 2.51. The number of carbonyl (C=O) groups excluding carboxylic acids is 1. The maximum absolute atomic E-state index is 13.2. The Morgan fingerprint density at radius 2 is 2.17 bits per heavy atom. The predicted octanol–water partition coefficient (Wildman–Crippen LogP) is 2.93. The van der Waals surface area contributed by atoms with E-state index in [2.05, 4.69) is 21.4 Å². The van der Waals surface area contributed by atoms with E-state index in [1.165, 1.54) is 0 Å². The molecular formula is C22H25N5O3. The summed E-state index contributed by atoms with van der Waals surface area (Å²) in [6.45, 7) is 1.19. The van der Waals surface area contributed by atoms with E-state index in [9.17, 15) is 10.1 Å². The van der Waals surface area contributed by atoms with E-state index in [4.69, 9.17) is 9.47 Å². The van der Waals surface area contributed by atoms with Gasteiger partial charge in [-0.1, -0.05) is 0 Å². The standard InChI is InChI=1S/C22H25N5O3/c1-29-8-9-30-18-4-2-16(3-5-18)26-22(28)19-10-17(27-7-6-24-14-27)11-20-21(19)15(12-23)13-25-20/h6-7,10-11,13-14,16,18,25H,2-5,8-9H2,1H3,(H,26,28)/t16-,18-. The molecule has 0 unspecified atom stereocenters. The Kier molecular flexibility index (Phi) is 6.12. The highest BCUT2D eigenvalue weighted by Crippen LogP contribution is 2.27. The molecule has 8 heteroatoms. The lowest BCUT2D eigenvalue weighted by molar-refractivity contribution is -0.00408. The minimum absolute atomic E-state index is 0.0937. The van der Waals surface area contributed by atoms with Crippen molar-refractivity contribution in [1.29, 1.82) is 5.26 Å². The van der Waals surface area contributed by atoms with Crippen molar-refractivity contribution >= 4 is 16.8 Å². The van der Waals surface area contributed by atoms with Gasteiger partial charge in [0.05, 0.1) is 36.8 Å². The molecule has 0 atom stereocenters. The Hall–Kier alpha value is -3.15. The number of nitrogens with one attached hydrogen (secondary N) is 2. The molecule has 1 aliphatic carbocycles. The largest absolute Gasteiger partial charge is 0.382 e. The minimum Gasteiger partial charge on any atom is -0.382 e. The van der Waals surface area contributed by atoms with Gasteiger partial charge in [0, 0.05) is 48.3 Å². The molecule has 0 radical (unpaired) electrons. The average molecular weight is 407 g/mol. The first-order valence-electron chi connectivity index (χ1n) is 10.1. The molecule has 2 heterocycles. The van der Waals surface area contributed by atoms with Gasteiger partial charge in [-0.15, -0.1) is 0 Å². The summed E-state index contributed by atoms with van der Waals surface area (Å²) < 4.78 is 12.7. The molecule has 1 amide bonds. The minimum atomic E-state index is -0.165. The fourth-order valence-corrected chi connectivity index (χ4v) is 4.02. The van der Waals surface area contributed by atoms with E-state index in [0.29, 0.717) is 29.7 Å². The second kappa shape index (κ2) is 9.11. The number of nitrogens with zero attached hydrogens (tertiary/aromatic N) is 3. The number of amides is 1. The first-order chi connectivity index (χ1) is 14.7. The molecule has 3 aromatic rings. The molecule has 4 rings (SSSR count). The number of aromatic nitrogens is 3. The number of benzene rings is 1. The molecule has 2 aromatic heterocycles. The third-order valence-corrected chi connectivity index (χ3v) is 5.58. The molecule has 1 saturated carbocycles. The summed E-state index contributed by atoms with van der Waals surface area (Å²) in [5.74, 6) is -0.165. The smallest absolute Gasteiger partial charge is 0.252 e. The first kappa shape index (κ1) is 20.1. The van der Waals surface area contributed by atoms with E-state index < -0.39 is 0 Å². The fraction of sp³-hybridized carbons (Fsp3) is 0.409. The van der Waals surface area contributed by atoms with Crippen LogP contribution in [0, 0.1) is 11.3 Å². The van der Waals surface area contributed by atoms with Gasteiger partial charge in [-0.2, -0.15) is 5.26 Å². The van der Waals surface area contributed by atoms with Gasteiger partial charge < -0.3 is 24.3 Å². The lowest BCUT2D eigenvalue weighted by Crippen LogP contribution is -2.39. The maximum Gasteiger partial charge on any atom is 0.252 e. The molecule has 1 aliphatic rings. The molecule has 2 N–H and O–H groups in total. The van der Waals surface area contributed by atoms with Crippen LogP contribution in [0.3, 0.4) is 0 Å². The normalized spacial score (nSPS) is 18.9. The highest BCUT2D eigenvalue weighted by atomic mass is 16.5. The number of nitriles is 1. The molecular weight excluding hydrogens is 382 g/mol. The summed E-state index contributed by atoms with van der Waals surface area (Å²) in [4.78, 5) is 20.4. The molecule has 1 aromatic carbocycles. The number of fused-ring (bicyclic) bond motifs is 1. The first-order valence-corrected chi connectivity index (χ1v) is 10.1. The number of methoxy groups -OCH3 is 1. The highest BCUT2D eigenvalue weighted by molar-refractivity contribution is 6.09. The summed E-state index contributed by atoms with van der Waals surface area (Å²) >= 11 is 0. The van der Waals surface area contributed by atoms with Gasteiger partial charge in [0.15, 0.2) is 0 Å². The van der Waals surface area contributed by atoms with Gasteiger partial charge in [0.25, 0.3) is 5.91 Å². The van der Waals surface area contributed by atoms with E-state index in [1.54, 1.807) is 25.8 Å². The Labute approximate surface area is 174 Å². The summed E-state index contributed by atoms with van der Waals surface area (Å²) in [6, 6.07) is 6.00. The number of hydrogen-bond acceptors (Lipinski definition) is 5. The second-order valence-electron chi connectivity index (χ2n) is 7.51. The van der Waals surface area contributed by atoms with Gasteiger partial charge in [0.2, 0.25) is 0 Å². The average Bonchev–Trinajstić information content (AvgIpc) is 3.44. The summed E-state index contributed by atoms with van der Waals surface area (Å²) in [7, 11) is 1.66. The maximum atomic E-state index is 13.2. The Morgan fingerprint density at radius 1 is 1.33 bits per heavy atom. The van der Waals surface area contributed by atoms with Crippen molar-refractivity contribution in [3.63, 3.8) is 0 Å². The predicted molar refractivity (Wildman–Crippen MR) is 111 cm³/mol. The zero-order valence-corrected chi connectivity index (χ0v) is 16.9. The van der Waals surface area contributed by atoms with Crippen molar-refractivity contribution in [2.75, 3.05) is 20.3 Å². The molecule has 8 nitrogen and oxygen atoms in total. The van der Waals surface area contributed by atoms with Crippen molar-refractivity contribution in [1.82, 2.24) is 19.9 Å². The molecule has 1 fully saturated rings. The van der Waals surface area contributed by atoms with Crippen molar-refractivity contribution in [3.05, 3.63) is 48.2 Å². The van der Waals surface area contributed by atoms with Crippen LogP contribution in [0.5, 0.6) is 0 Å². The van der Waals surface area contributed by atoms with E-state index in [-0.39, 0.29) is 18.1 Å². The summed E-state index contributed by atoms with van der Waals surface area (Å²) in [6.07, 6.45) is 10.6. The van der Waals surface area contributed by atoms with Gasteiger partial charge >= 0.3 is 0 Å². The molecule has 0 spiro atoms. The number of carbonyl (C=O) groups is 1. The van der Waals surface area contributed by atoms with E-state index in [0.717, 1.165) is 36.9 Å². The monoisotopic (exact) mass is 407 g/mol. The Balaban J connectivity index is 1.52. The Morgan fingerprint density at radius 3 is 2.87 bits per heavy atom. The molecule has 0 aliphatic heterocycles. The molecule has 30 heavy (non-hydrogen) atoms. The Bertz CT molecular complexity index is 1040. The number of ether oxygens (including phenoxy) is 2. The topological polar surface area (TPSA) is 105 Å². The van der Waals surface area contributed by atoms with Crippen molar-refractivity contribution in [2.45, 2.75) is 37.8 Å². The van der Waals surface area contributed by atoms with Crippen LogP contribution in [-0.2, 0) is 9.47 Å². The van der Waals surface area contributed by atoms with Gasteiger partial charge in [0.1, 0.15) is 6.07 Å². The highest BCUT2D eigenvalue weighted by Gasteiger charge is 2.25. The number of imidazole rings is 1. The van der Waals surface area contributed by atoms with Gasteiger partial charge in [-0.25, -0.2) is 4.98 Å².